The Morgan fingerprint density at radius 1 is 1.47 bits per heavy atom. The fourth-order valence-corrected chi connectivity index (χ4v) is 1.10. The number of hydrogen-bond donors (Lipinski definition) is 3. The average molecular weight is 242 g/mol. The van der Waals surface area contributed by atoms with Crippen LogP contribution in [-0.2, 0) is 4.79 Å². The molecule has 0 saturated carbocycles. The molecule has 0 heterocycles. The van der Waals surface area contributed by atoms with Crippen molar-refractivity contribution in [1.29, 1.82) is 0 Å². The number of carbonyl (C=O) groups excluding carboxylic acids is 1. The molecule has 0 bridgehead atoms. The van der Waals surface area contributed by atoms with Crippen molar-refractivity contribution in [2.24, 2.45) is 0 Å². The molecule has 0 saturated heterocycles. The molecule has 0 unspecified atom stereocenters. The molecule has 0 fully saturated rings. The molecule has 1 aromatic carbocycles. The summed E-state index contributed by atoms with van der Waals surface area (Å²) in [6.45, 7) is -0.524. The molecule has 0 spiro atoms. The summed E-state index contributed by atoms with van der Waals surface area (Å²) < 4.78 is 17.8. The lowest BCUT2D eigenvalue weighted by Crippen LogP contribution is -2.33. The summed E-state index contributed by atoms with van der Waals surface area (Å²) in [5, 5.41) is 12.7. The second-order valence-electron chi connectivity index (χ2n) is 3.05. The second kappa shape index (κ2) is 5.69. The van der Waals surface area contributed by atoms with Gasteiger partial charge in [-0.05, 0) is 12.1 Å². The zero-order chi connectivity index (χ0) is 12.8. The van der Waals surface area contributed by atoms with Gasteiger partial charge in [-0.25, -0.2) is 9.18 Å². The van der Waals surface area contributed by atoms with Crippen LogP contribution < -0.4 is 15.4 Å². The molecule has 7 heteroatoms. The fraction of sp³-hybridized carbons (Fsp3) is 0.200. The summed E-state index contributed by atoms with van der Waals surface area (Å²) in [5.74, 6) is -1.44. The Balaban J connectivity index is 2.69. The molecule has 0 aliphatic carbocycles. The first-order valence-corrected chi connectivity index (χ1v) is 4.63. The molecule has 1 rings (SSSR count). The summed E-state index contributed by atoms with van der Waals surface area (Å²) in [6, 6.07) is 2.84. The number of hydrogen-bond acceptors (Lipinski definition) is 3. The van der Waals surface area contributed by atoms with Crippen LogP contribution in [0.5, 0.6) is 5.75 Å². The minimum absolute atomic E-state index is 0.121. The van der Waals surface area contributed by atoms with Crippen LogP contribution in [0.1, 0.15) is 0 Å². The van der Waals surface area contributed by atoms with Crippen LogP contribution in [0.3, 0.4) is 0 Å². The van der Waals surface area contributed by atoms with Crippen LogP contribution in [0.2, 0.25) is 0 Å². The van der Waals surface area contributed by atoms with Crippen molar-refractivity contribution >= 4 is 17.7 Å². The Hall–Kier alpha value is -2.31. The molecule has 92 valence electrons. The molecule has 3 N–H and O–H groups in total. The summed E-state index contributed by atoms with van der Waals surface area (Å²) in [6.07, 6.45) is 0. The molecule has 0 atom stereocenters. The van der Waals surface area contributed by atoms with Gasteiger partial charge in [0, 0.05) is 6.07 Å². The number of methoxy groups -OCH3 is 1. The van der Waals surface area contributed by atoms with Gasteiger partial charge in [-0.2, -0.15) is 0 Å². The molecule has 2 amide bonds. The topological polar surface area (TPSA) is 87.7 Å². The van der Waals surface area contributed by atoms with Crippen molar-refractivity contribution in [3.05, 3.63) is 24.0 Å². The van der Waals surface area contributed by atoms with Gasteiger partial charge in [0.15, 0.2) is 0 Å². The van der Waals surface area contributed by atoms with E-state index in [1.165, 1.54) is 19.2 Å². The number of nitrogens with one attached hydrogen (secondary N) is 2. The Morgan fingerprint density at radius 2 is 2.18 bits per heavy atom. The largest absolute Gasteiger partial charge is 0.495 e. The van der Waals surface area contributed by atoms with Gasteiger partial charge < -0.3 is 20.5 Å². The first kappa shape index (κ1) is 12.8. The van der Waals surface area contributed by atoms with Gasteiger partial charge in [0.1, 0.15) is 18.1 Å². The van der Waals surface area contributed by atoms with E-state index < -0.39 is 24.4 Å². The van der Waals surface area contributed by atoms with Crippen LogP contribution in [0, 0.1) is 5.82 Å². The van der Waals surface area contributed by atoms with Crippen LogP contribution in [-0.4, -0.2) is 30.8 Å². The predicted molar refractivity (Wildman–Crippen MR) is 57.6 cm³/mol. The highest BCUT2D eigenvalue weighted by atomic mass is 19.1. The molecule has 6 nitrogen and oxygen atoms in total. The summed E-state index contributed by atoms with van der Waals surface area (Å²) in [5.41, 5.74) is 0.121. The van der Waals surface area contributed by atoms with E-state index in [9.17, 15) is 14.0 Å². The van der Waals surface area contributed by atoms with E-state index in [0.29, 0.717) is 0 Å². The number of ether oxygens (including phenoxy) is 1. The fourth-order valence-electron chi connectivity index (χ4n) is 1.10. The van der Waals surface area contributed by atoms with E-state index in [1.54, 1.807) is 0 Å². The summed E-state index contributed by atoms with van der Waals surface area (Å²) in [7, 11) is 1.37. The highest BCUT2D eigenvalue weighted by molar-refractivity contribution is 5.92. The molecular weight excluding hydrogens is 231 g/mol. The Bertz CT molecular complexity index is 436. The van der Waals surface area contributed by atoms with Crippen molar-refractivity contribution in [2.45, 2.75) is 0 Å². The van der Waals surface area contributed by atoms with Gasteiger partial charge in [0.2, 0.25) is 0 Å². The average Bonchev–Trinajstić information content (AvgIpc) is 2.27. The zero-order valence-electron chi connectivity index (χ0n) is 8.99. The summed E-state index contributed by atoms with van der Waals surface area (Å²) >= 11 is 0. The van der Waals surface area contributed by atoms with E-state index >= 15 is 0 Å². The Morgan fingerprint density at radius 3 is 2.76 bits per heavy atom. The third-order valence-electron chi connectivity index (χ3n) is 1.81. The van der Waals surface area contributed by atoms with Crippen LogP contribution in [0.15, 0.2) is 18.2 Å². The third kappa shape index (κ3) is 3.98. The molecular formula is C10H11FN2O4. The molecule has 0 aromatic heterocycles. The monoisotopic (exact) mass is 242 g/mol. The van der Waals surface area contributed by atoms with Crippen LogP contribution in [0.25, 0.3) is 0 Å². The highest BCUT2D eigenvalue weighted by Gasteiger charge is 2.09. The minimum atomic E-state index is -1.17. The van der Waals surface area contributed by atoms with Crippen molar-refractivity contribution in [3.8, 4) is 5.75 Å². The smallest absolute Gasteiger partial charge is 0.323 e. The van der Waals surface area contributed by atoms with E-state index in [1.807, 2.05) is 0 Å². The van der Waals surface area contributed by atoms with Crippen molar-refractivity contribution < 1.29 is 23.8 Å². The highest BCUT2D eigenvalue weighted by Crippen LogP contribution is 2.24. The zero-order valence-corrected chi connectivity index (χ0v) is 8.99. The number of anilines is 1. The SMILES string of the molecule is COc1ccc(F)cc1NC(=O)NCC(=O)O. The maximum atomic E-state index is 12.9. The first-order valence-electron chi connectivity index (χ1n) is 4.63. The number of rotatable bonds is 4. The van der Waals surface area contributed by atoms with Crippen molar-refractivity contribution in [1.82, 2.24) is 5.32 Å². The minimum Gasteiger partial charge on any atom is -0.495 e. The van der Waals surface area contributed by atoms with Crippen molar-refractivity contribution in [2.75, 3.05) is 19.0 Å². The van der Waals surface area contributed by atoms with E-state index in [-0.39, 0.29) is 11.4 Å². The Kier molecular flexibility index (Phi) is 4.27. The number of halogens is 1. The van der Waals surface area contributed by atoms with Crippen LogP contribution >= 0.6 is 0 Å². The quantitative estimate of drug-likeness (QED) is 0.736. The number of amides is 2. The predicted octanol–water partition coefficient (Wildman–Crippen LogP) is 1.04. The van der Waals surface area contributed by atoms with Gasteiger partial charge in [-0.1, -0.05) is 0 Å². The maximum absolute atomic E-state index is 12.9. The lowest BCUT2D eigenvalue weighted by atomic mass is 10.3. The standard InChI is InChI=1S/C10H11FN2O4/c1-17-8-3-2-6(11)4-7(8)13-10(16)12-5-9(14)15/h2-4H,5H2,1H3,(H,14,15)(H2,12,13,16). The van der Waals surface area contributed by atoms with E-state index in [2.05, 4.69) is 10.6 Å². The van der Waals surface area contributed by atoms with Gasteiger partial charge in [0.05, 0.1) is 12.8 Å². The molecule has 17 heavy (non-hydrogen) atoms. The molecule has 1 aromatic rings. The van der Waals surface area contributed by atoms with Gasteiger partial charge >= 0.3 is 12.0 Å². The summed E-state index contributed by atoms with van der Waals surface area (Å²) in [4.78, 5) is 21.4. The van der Waals surface area contributed by atoms with Crippen molar-refractivity contribution in [3.63, 3.8) is 0 Å². The molecule has 0 aliphatic heterocycles. The number of carboxylic acids is 1. The number of benzene rings is 1. The lowest BCUT2D eigenvalue weighted by molar-refractivity contribution is -0.135. The maximum Gasteiger partial charge on any atom is 0.323 e. The Labute approximate surface area is 96.4 Å². The first-order chi connectivity index (χ1) is 8.02. The normalized spacial score (nSPS) is 9.53. The van der Waals surface area contributed by atoms with Crippen LogP contribution in [0.4, 0.5) is 14.9 Å². The second-order valence-corrected chi connectivity index (χ2v) is 3.05. The van der Waals surface area contributed by atoms with E-state index in [4.69, 9.17) is 9.84 Å². The van der Waals surface area contributed by atoms with Gasteiger partial charge in [-0.15, -0.1) is 0 Å². The number of carbonyl (C=O) groups is 2. The number of carboxylic acid groups (broad SMARTS) is 1. The molecule has 0 radical (unpaired) electrons. The third-order valence-corrected chi connectivity index (χ3v) is 1.81. The van der Waals surface area contributed by atoms with Gasteiger partial charge in [-0.3, -0.25) is 4.79 Å². The van der Waals surface area contributed by atoms with Gasteiger partial charge in [0.25, 0.3) is 0 Å². The lowest BCUT2D eigenvalue weighted by Gasteiger charge is -2.10. The van der Waals surface area contributed by atoms with E-state index in [0.717, 1.165) is 6.07 Å². The number of aliphatic carboxylic acids is 1. The molecule has 0 aliphatic rings. The number of urea groups is 1.